The third kappa shape index (κ3) is 3.62. The molecule has 0 aliphatic carbocycles. The number of hydrogen-bond acceptors (Lipinski definition) is 3. The van der Waals surface area contributed by atoms with Crippen molar-refractivity contribution in [1.82, 2.24) is 14.9 Å². The SMILES string of the molecule is Cc1cc([C@@H]2[C@@H](c3ccccn3)NC(=S)N2c2ccc(O)cc2)c(C)n1-c1cccc2ccccc12. The van der Waals surface area contributed by atoms with E-state index < -0.39 is 0 Å². The van der Waals surface area contributed by atoms with E-state index >= 15 is 0 Å². The number of anilines is 1. The first-order valence-corrected chi connectivity index (χ1v) is 12.4. The van der Waals surface area contributed by atoms with Crippen LogP contribution in [-0.2, 0) is 0 Å². The van der Waals surface area contributed by atoms with Crippen molar-refractivity contribution in [3.05, 3.63) is 120 Å². The summed E-state index contributed by atoms with van der Waals surface area (Å²) in [7, 11) is 0. The summed E-state index contributed by atoms with van der Waals surface area (Å²) in [6.45, 7) is 4.33. The van der Waals surface area contributed by atoms with Crippen molar-refractivity contribution in [2.45, 2.75) is 25.9 Å². The number of benzene rings is 3. The Morgan fingerprint density at radius 3 is 2.42 bits per heavy atom. The van der Waals surface area contributed by atoms with Crippen molar-refractivity contribution >= 4 is 33.8 Å². The van der Waals surface area contributed by atoms with Crippen LogP contribution < -0.4 is 10.2 Å². The average molecular weight is 491 g/mol. The molecule has 2 aromatic heterocycles. The van der Waals surface area contributed by atoms with Crippen LogP contribution in [0.4, 0.5) is 5.69 Å². The van der Waals surface area contributed by atoms with E-state index in [2.05, 4.69) is 82.1 Å². The highest BCUT2D eigenvalue weighted by Crippen LogP contribution is 2.44. The highest BCUT2D eigenvalue weighted by atomic mass is 32.1. The van der Waals surface area contributed by atoms with Crippen LogP contribution in [0.3, 0.4) is 0 Å². The zero-order chi connectivity index (χ0) is 24.8. The van der Waals surface area contributed by atoms with Crippen LogP contribution in [0.15, 0.2) is 97.2 Å². The van der Waals surface area contributed by atoms with E-state index in [1.165, 1.54) is 16.3 Å². The lowest BCUT2D eigenvalue weighted by molar-refractivity contribution is 0.475. The summed E-state index contributed by atoms with van der Waals surface area (Å²) in [5, 5.41) is 16.5. The molecule has 0 radical (unpaired) electrons. The molecular formula is C30H26N4OS. The van der Waals surface area contributed by atoms with E-state index in [-0.39, 0.29) is 17.8 Å². The van der Waals surface area contributed by atoms with Gasteiger partial charge in [0, 0.05) is 28.7 Å². The molecule has 0 unspecified atom stereocenters. The Kier molecular flexibility index (Phi) is 5.46. The number of fused-ring (bicyclic) bond motifs is 1. The molecule has 5 aromatic rings. The van der Waals surface area contributed by atoms with Gasteiger partial charge in [0.25, 0.3) is 0 Å². The predicted molar refractivity (Wildman–Crippen MR) is 149 cm³/mol. The third-order valence-electron chi connectivity index (χ3n) is 7.02. The maximum Gasteiger partial charge on any atom is 0.174 e. The van der Waals surface area contributed by atoms with Gasteiger partial charge in [-0.3, -0.25) is 4.98 Å². The van der Waals surface area contributed by atoms with Gasteiger partial charge in [-0.1, -0.05) is 42.5 Å². The van der Waals surface area contributed by atoms with Crippen LogP contribution in [0.1, 0.15) is 34.7 Å². The Labute approximate surface area is 215 Å². The van der Waals surface area contributed by atoms with Crippen LogP contribution in [-0.4, -0.2) is 19.8 Å². The number of nitrogens with one attached hydrogen (secondary N) is 1. The Morgan fingerprint density at radius 1 is 0.889 bits per heavy atom. The molecule has 0 amide bonds. The predicted octanol–water partition coefficient (Wildman–Crippen LogP) is 6.53. The number of thiocarbonyl (C=S) groups is 1. The van der Waals surface area contributed by atoms with Gasteiger partial charge in [0.1, 0.15) is 5.75 Å². The third-order valence-corrected chi connectivity index (χ3v) is 7.34. The minimum atomic E-state index is -0.131. The maximum absolute atomic E-state index is 9.89. The summed E-state index contributed by atoms with van der Waals surface area (Å²) < 4.78 is 2.34. The molecule has 178 valence electrons. The standard InChI is InChI=1S/C30H26N4OS/c1-19-18-25(20(2)33(19)27-12-7-9-21-8-3-4-10-24(21)27)29-28(26-11-5-6-17-31-26)32-30(36)34(29)22-13-15-23(35)16-14-22/h3-18,28-29,35H,1-2H3,(H,32,36)/t28-,29-/m1/s1. The normalized spacial score (nSPS) is 17.5. The molecular weight excluding hydrogens is 464 g/mol. The minimum absolute atomic E-state index is 0.119. The maximum atomic E-state index is 9.89. The number of aromatic hydroxyl groups is 1. The van der Waals surface area contributed by atoms with Crippen molar-refractivity contribution in [3.63, 3.8) is 0 Å². The van der Waals surface area contributed by atoms with Crippen molar-refractivity contribution in [2.24, 2.45) is 0 Å². The molecule has 36 heavy (non-hydrogen) atoms. The highest BCUT2D eigenvalue weighted by molar-refractivity contribution is 7.80. The second-order valence-corrected chi connectivity index (χ2v) is 9.56. The summed E-state index contributed by atoms with van der Waals surface area (Å²) in [6.07, 6.45) is 1.82. The zero-order valence-electron chi connectivity index (χ0n) is 20.1. The molecule has 6 heteroatoms. The number of rotatable bonds is 4. The van der Waals surface area contributed by atoms with Crippen molar-refractivity contribution < 1.29 is 5.11 Å². The molecule has 0 bridgehead atoms. The molecule has 1 aliphatic heterocycles. The van der Waals surface area contributed by atoms with Crippen LogP contribution >= 0.6 is 12.2 Å². The Balaban J connectivity index is 1.55. The summed E-state index contributed by atoms with van der Waals surface area (Å²) in [4.78, 5) is 6.82. The van der Waals surface area contributed by atoms with E-state index in [0.29, 0.717) is 5.11 Å². The van der Waals surface area contributed by atoms with Gasteiger partial charge in [0.2, 0.25) is 0 Å². The van der Waals surface area contributed by atoms with Crippen LogP contribution in [0.5, 0.6) is 5.75 Å². The Bertz CT molecular complexity index is 1570. The summed E-state index contributed by atoms with van der Waals surface area (Å²) >= 11 is 5.87. The molecule has 6 rings (SSSR count). The first kappa shape index (κ1) is 22.3. The largest absolute Gasteiger partial charge is 0.508 e. The lowest BCUT2D eigenvalue weighted by Crippen LogP contribution is -2.29. The van der Waals surface area contributed by atoms with E-state index in [1.54, 1.807) is 12.1 Å². The molecule has 3 aromatic carbocycles. The van der Waals surface area contributed by atoms with E-state index in [4.69, 9.17) is 12.2 Å². The molecule has 1 aliphatic rings. The van der Waals surface area contributed by atoms with Crippen LogP contribution in [0.2, 0.25) is 0 Å². The van der Waals surface area contributed by atoms with Gasteiger partial charge in [0.15, 0.2) is 5.11 Å². The molecule has 2 atom stereocenters. The Hall–Kier alpha value is -4.16. The second kappa shape index (κ2) is 8.81. The topological polar surface area (TPSA) is 53.3 Å². The van der Waals surface area contributed by atoms with E-state index in [9.17, 15) is 5.11 Å². The fraction of sp³-hybridized carbons (Fsp3) is 0.133. The fourth-order valence-corrected chi connectivity index (χ4v) is 5.77. The van der Waals surface area contributed by atoms with Gasteiger partial charge in [0.05, 0.1) is 23.5 Å². The number of aromatic nitrogens is 2. The zero-order valence-corrected chi connectivity index (χ0v) is 20.9. The quantitative estimate of drug-likeness (QED) is 0.281. The number of phenols is 1. The molecule has 5 nitrogen and oxygen atoms in total. The number of nitrogens with zero attached hydrogens (tertiary/aromatic N) is 3. The number of aryl methyl sites for hydroxylation is 1. The molecule has 0 saturated carbocycles. The van der Waals surface area contributed by atoms with E-state index in [0.717, 1.165) is 28.5 Å². The molecule has 2 N–H and O–H groups in total. The highest BCUT2D eigenvalue weighted by Gasteiger charge is 2.42. The summed E-state index contributed by atoms with van der Waals surface area (Å²) in [5.41, 5.74) is 6.50. The van der Waals surface area contributed by atoms with Gasteiger partial charge in [-0.2, -0.15) is 0 Å². The smallest absolute Gasteiger partial charge is 0.174 e. The van der Waals surface area contributed by atoms with Crippen LogP contribution in [0, 0.1) is 13.8 Å². The number of hydrogen-bond donors (Lipinski definition) is 2. The first-order chi connectivity index (χ1) is 17.5. The van der Waals surface area contributed by atoms with Crippen molar-refractivity contribution in [2.75, 3.05) is 4.90 Å². The van der Waals surface area contributed by atoms with E-state index in [1.807, 2.05) is 36.5 Å². The lowest BCUT2D eigenvalue weighted by atomic mass is 9.96. The summed E-state index contributed by atoms with van der Waals surface area (Å²) in [5.74, 6) is 0.226. The van der Waals surface area contributed by atoms with Gasteiger partial charge in [-0.15, -0.1) is 0 Å². The first-order valence-electron chi connectivity index (χ1n) is 12.0. The second-order valence-electron chi connectivity index (χ2n) is 9.17. The molecule has 1 fully saturated rings. The van der Waals surface area contributed by atoms with Gasteiger partial charge < -0.3 is 19.9 Å². The fourth-order valence-electron chi connectivity index (χ4n) is 5.42. The van der Waals surface area contributed by atoms with Crippen LogP contribution in [0.25, 0.3) is 16.5 Å². The van der Waals surface area contributed by atoms with Crippen molar-refractivity contribution in [1.29, 1.82) is 0 Å². The summed E-state index contributed by atoms with van der Waals surface area (Å²) in [6, 6.07) is 30.1. The van der Waals surface area contributed by atoms with Gasteiger partial charge >= 0.3 is 0 Å². The molecule has 3 heterocycles. The number of pyridine rings is 1. The molecule has 0 spiro atoms. The van der Waals surface area contributed by atoms with Gasteiger partial charge in [-0.05, 0) is 85.5 Å². The monoisotopic (exact) mass is 490 g/mol. The average Bonchev–Trinajstić information content (AvgIpc) is 3.39. The minimum Gasteiger partial charge on any atom is -0.508 e. The lowest BCUT2D eigenvalue weighted by Gasteiger charge is -2.28. The number of phenolic OH excluding ortho intramolecular Hbond substituents is 1. The van der Waals surface area contributed by atoms with Crippen molar-refractivity contribution in [3.8, 4) is 11.4 Å². The Morgan fingerprint density at radius 2 is 1.64 bits per heavy atom. The molecule has 1 saturated heterocycles. The van der Waals surface area contributed by atoms with Gasteiger partial charge in [-0.25, -0.2) is 0 Å².